The van der Waals surface area contributed by atoms with Crippen molar-refractivity contribution in [1.29, 1.82) is 0 Å². The summed E-state index contributed by atoms with van der Waals surface area (Å²) in [6.07, 6.45) is 1.93. The summed E-state index contributed by atoms with van der Waals surface area (Å²) in [5.74, 6) is 0.334. The lowest BCUT2D eigenvalue weighted by atomic mass is 10.0. The molecule has 1 fully saturated rings. The maximum Gasteiger partial charge on any atom is 0.240 e. The van der Waals surface area contributed by atoms with Crippen LogP contribution < -0.4 is 15.4 Å². The number of anilines is 1. The number of ether oxygens (including phenoxy) is 1. The van der Waals surface area contributed by atoms with Crippen LogP contribution in [-0.2, 0) is 16.0 Å². The van der Waals surface area contributed by atoms with Gasteiger partial charge in [-0.2, -0.15) is 0 Å². The van der Waals surface area contributed by atoms with Crippen LogP contribution in [0.5, 0.6) is 5.75 Å². The number of nitrogens with one attached hydrogen (secondary N) is 2. The summed E-state index contributed by atoms with van der Waals surface area (Å²) < 4.78 is 5.39. The van der Waals surface area contributed by atoms with Gasteiger partial charge in [0.15, 0.2) is 0 Å². The zero-order valence-electron chi connectivity index (χ0n) is 15.0. The molecule has 0 aromatic heterocycles. The second kappa shape index (κ2) is 8.04. The molecule has 1 aliphatic rings. The maximum atomic E-state index is 12.6. The zero-order valence-corrected chi connectivity index (χ0v) is 15.0. The second-order valence-electron chi connectivity index (χ2n) is 6.49. The van der Waals surface area contributed by atoms with Gasteiger partial charge in [0.1, 0.15) is 11.2 Å². The van der Waals surface area contributed by atoms with Crippen molar-refractivity contribution in [2.75, 3.05) is 18.5 Å². The molecule has 0 bridgehead atoms. The second-order valence-corrected chi connectivity index (χ2v) is 6.49. The summed E-state index contributed by atoms with van der Waals surface area (Å²) in [7, 11) is 0. The van der Waals surface area contributed by atoms with E-state index in [0.29, 0.717) is 31.7 Å². The van der Waals surface area contributed by atoms with Gasteiger partial charge in [0.2, 0.25) is 11.8 Å². The van der Waals surface area contributed by atoms with Crippen LogP contribution in [-0.4, -0.2) is 25.0 Å². The highest BCUT2D eigenvalue weighted by Gasteiger charge is 2.56. The van der Waals surface area contributed by atoms with E-state index in [0.717, 1.165) is 17.7 Å². The van der Waals surface area contributed by atoms with Gasteiger partial charge in [-0.05, 0) is 56.0 Å². The van der Waals surface area contributed by atoms with Gasteiger partial charge in [-0.3, -0.25) is 9.59 Å². The first-order valence-electron chi connectivity index (χ1n) is 9.00. The average Bonchev–Trinajstić information content (AvgIpc) is 3.46. The molecule has 0 aliphatic heterocycles. The van der Waals surface area contributed by atoms with Gasteiger partial charge >= 0.3 is 0 Å². The minimum Gasteiger partial charge on any atom is -0.494 e. The van der Waals surface area contributed by atoms with E-state index in [1.54, 1.807) is 24.3 Å². The standard InChI is InChI=1S/C21H24N2O3/c1-2-26-18-10-8-17(9-11-18)23-20(25)21(13-14-21)19(24)22-15-12-16-6-4-3-5-7-16/h3-11H,2,12-15H2,1H3,(H,22,24)(H,23,25). The van der Waals surface area contributed by atoms with Gasteiger partial charge in [-0.25, -0.2) is 0 Å². The van der Waals surface area contributed by atoms with E-state index in [4.69, 9.17) is 4.74 Å². The first-order chi connectivity index (χ1) is 12.6. The lowest BCUT2D eigenvalue weighted by Crippen LogP contribution is -2.40. The molecule has 0 spiro atoms. The number of amides is 2. The van der Waals surface area contributed by atoms with Crippen LogP contribution in [0.4, 0.5) is 5.69 Å². The fourth-order valence-corrected chi connectivity index (χ4v) is 2.87. The quantitative estimate of drug-likeness (QED) is 0.717. The Morgan fingerprint density at radius 3 is 2.31 bits per heavy atom. The Balaban J connectivity index is 1.52. The Hall–Kier alpha value is -2.82. The highest BCUT2D eigenvalue weighted by Crippen LogP contribution is 2.46. The molecule has 2 aromatic rings. The van der Waals surface area contributed by atoms with Crippen molar-refractivity contribution in [3.8, 4) is 5.75 Å². The lowest BCUT2D eigenvalue weighted by Gasteiger charge is -2.15. The van der Waals surface area contributed by atoms with Crippen LogP contribution in [0.25, 0.3) is 0 Å². The van der Waals surface area contributed by atoms with Crippen molar-refractivity contribution in [2.24, 2.45) is 5.41 Å². The Morgan fingerprint density at radius 2 is 1.69 bits per heavy atom. The van der Waals surface area contributed by atoms with Crippen LogP contribution in [0, 0.1) is 5.41 Å². The predicted octanol–water partition coefficient (Wildman–Crippen LogP) is 3.16. The first-order valence-corrected chi connectivity index (χ1v) is 9.00. The normalized spacial score (nSPS) is 14.3. The molecular weight excluding hydrogens is 328 g/mol. The smallest absolute Gasteiger partial charge is 0.240 e. The first kappa shape index (κ1) is 18.0. The fraction of sp³-hybridized carbons (Fsp3) is 0.333. The summed E-state index contributed by atoms with van der Waals surface area (Å²) in [5.41, 5.74) is 0.910. The third-order valence-electron chi connectivity index (χ3n) is 4.58. The van der Waals surface area contributed by atoms with Gasteiger partial charge in [0.05, 0.1) is 6.61 Å². The van der Waals surface area contributed by atoms with Crippen LogP contribution in [0.2, 0.25) is 0 Å². The monoisotopic (exact) mass is 352 g/mol. The zero-order chi connectivity index (χ0) is 18.4. The van der Waals surface area contributed by atoms with Crippen molar-refractivity contribution in [3.05, 3.63) is 60.2 Å². The highest BCUT2D eigenvalue weighted by atomic mass is 16.5. The molecule has 0 radical (unpaired) electrons. The van der Waals surface area contributed by atoms with Gasteiger partial charge < -0.3 is 15.4 Å². The number of rotatable bonds is 8. The summed E-state index contributed by atoms with van der Waals surface area (Å²) in [4.78, 5) is 25.1. The summed E-state index contributed by atoms with van der Waals surface area (Å²) >= 11 is 0. The molecule has 5 nitrogen and oxygen atoms in total. The minimum absolute atomic E-state index is 0.183. The van der Waals surface area contributed by atoms with Crippen molar-refractivity contribution in [2.45, 2.75) is 26.2 Å². The largest absolute Gasteiger partial charge is 0.494 e. The van der Waals surface area contributed by atoms with E-state index >= 15 is 0 Å². The van der Waals surface area contributed by atoms with E-state index in [-0.39, 0.29) is 11.8 Å². The number of hydrogen-bond acceptors (Lipinski definition) is 3. The molecule has 2 N–H and O–H groups in total. The molecule has 0 saturated heterocycles. The molecule has 1 saturated carbocycles. The van der Waals surface area contributed by atoms with Crippen molar-refractivity contribution >= 4 is 17.5 Å². The molecule has 3 rings (SSSR count). The molecule has 1 aliphatic carbocycles. The lowest BCUT2D eigenvalue weighted by molar-refractivity contribution is -0.134. The molecule has 136 valence electrons. The molecule has 0 unspecified atom stereocenters. The average molecular weight is 352 g/mol. The summed E-state index contributed by atoms with van der Waals surface area (Å²) in [5, 5.41) is 5.75. The van der Waals surface area contributed by atoms with E-state index < -0.39 is 5.41 Å². The summed E-state index contributed by atoms with van der Waals surface area (Å²) in [6, 6.07) is 17.1. The molecule has 5 heteroatoms. The molecule has 2 aromatic carbocycles. The van der Waals surface area contributed by atoms with Crippen molar-refractivity contribution < 1.29 is 14.3 Å². The minimum atomic E-state index is -0.921. The molecular formula is C21H24N2O3. The van der Waals surface area contributed by atoms with E-state index in [9.17, 15) is 9.59 Å². The SMILES string of the molecule is CCOc1ccc(NC(=O)C2(C(=O)NCCc3ccccc3)CC2)cc1. The molecule has 2 amide bonds. The Labute approximate surface area is 153 Å². The van der Waals surface area contributed by atoms with Crippen LogP contribution in [0.1, 0.15) is 25.3 Å². The number of carbonyl (C=O) groups is 2. The Morgan fingerprint density at radius 1 is 1.00 bits per heavy atom. The van der Waals surface area contributed by atoms with E-state index in [2.05, 4.69) is 10.6 Å². The van der Waals surface area contributed by atoms with Gasteiger partial charge in [0, 0.05) is 12.2 Å². The molecule has 26 heavy (non-hydrogen) atoms. The van der Waals surface area contributed by atoms with Gasteiger partial charge in [-0.15, -0.1) is 0 Å². The summed E-state index contributed by atoms with van der Waals surface area (Å²) in [6.45, 7) is 3.04. The number of benzene rings is 2. The topological polar surface area (TPSA) is 67.4 Å². The van der Waals surface area contributed by atoms with E-state index in [1.807, 2.05) is 37.3 Å². The third kappa shape index (κ3) is 4.23. The van der Waals surface area contributed by atoms with Crippen LogP contribution in [0.3, 0.4) is 0 Å². The Kier molecular flexibility index (Phi) is 5.56. The maximum absolute atomic E-state index is 12.6. The van der Waals surface area contributed by atoms with Crippen LogP contribution in [0.15, 0.2) is 54.6 Å². The van der Waals surface area contributed by atoms with Crippen molar-refractivity contribution in [3.63, 3.8) is 0 Å². The van der Waals surface area contributed by atoms with E-state index in [1.165, 1.54) is 0 Å². The third-order valence-corrected chi connectivity index (χ3v) is 4.58. The highest BCUT2D eigenvalue weighted by molar-refractivity contribution is 6.13. The molecule has 0 atom stereocenters. The fourth-order valence-electron chi connectivity index (χ4n) is 2.87. The number of hydrogen-bond donors (Lipinski definition) is 2. The van der Waals surface area contributed by atoms with Gasteiger partial charge in [0.25, 0.3) is 0 Å². The van der Waals surface area contributed by atoms with Crippen molar-refractivity contribution in [1.82, 2.24) is 5.32 Å². The number of carbonyl (C=O) groups excluding carboxylic acids is 2. The van der Waals surface area contributed by atoms with Gasteiger partial charge in [-0.1, -0.05) is 30.3 Å². The molecule has 0 heterocycles. The predicted molar refractivity (Wildman–Crippen MR) is 101 cm³/mol. The Bertz CT molecular complexity index is 753. The van der Waals surface area contributed by atoms with Crippen LogP contribution >= 0.6 is 0 Å².